The van der Waals surface area contributed by atoms with E-state index in [1.165, 1.54) is 12.1 Å². The Morgan fingerprint density at radius 1 is 1.07 bits per heavy atom. The van der Waals surface area contributed by atoms with E-state index >= 15 is 0 Å². The number of rotatable bonds is 9. The lowest BCUT2D eigenvalue weighted by Gasteiger charge is -2.20. The lowest BCUT2D eigenvalue weighted by molar-refractivity contribution is 0.0925. The van der Waals surface area contributed by atoms with E-state index in [0.717, 1.165) is 16.9 Å². The third-order valence-corrected chi connectivity index (χ3v) is 7.35. The van der Waals surface area contributed by atoms with Gasteiger partial charge in [0.05, 0.1) is 17.5 Å². The summed E-state index contributed by atoms with van der Waals surface area (Å²) in [5.41, 5.74) is 6.78. The molecule has 3 N–H and O–H groups in total. The number of hydrogen-bond donors (Lipinski definition) is 3. The minimum atomic E-state index is -3.72. The summed E-state index contributed by atoms with van der Waals surface area (Å²) in [5.74, 6) is 0.288. The van der Waals surface area contributed by atoms with Gasteiger partial charge >= 0.3 is 0 Å². The Bertz CT molecular complexity index is 1090. The zero-order chi connectivity index (χ0) is 21.6. The summed E-state index contributed by atoms with van der Waals surface area (Å²) in [6.07, 6.45) is 0. The maximum atomic E-state index is 12.5. The molecule has 1 heterocycles. The van der Waals surface area contributed by atoms with Crippen molar-refractivity contribution in [3.63, 3.8) is 0 Å². The average molecular weight is 466 g/mol. The highest BCUT2D eigenvalue weighted by molar-refractivity contribution is 7.91. The van der Waals surface area contributed by atoms with E-state index in [2.05, 4.69) is 15.6 Å². The molecule has 0 aliphatic carbocycles. The summed E-state index contributed by atoms with van der Waals surface area (Å²) in [6.45, 7) is 0.0186. The number of benzene rings is 2. The van der Waals surface area contributed by atoms with Gasteiger partial charge in [-0.1, -0.05) is 41.9 Å². The number of halogens is 1. The Morgan fingerprint density at radius 3 is 2.37 bits per heavy atom. The monoisotopic (exact) mass is 465 g/mol. The van der Waals surface area contributed by atoms with Crippen LogP contribution < -0.4 is 20.3 Å². The Hall–Kier alpha value is -2.43. The number of sulfonamides is 1. The zero-order valence-corrected chi connectivity index (χ0v) is 18.4. The summed E-state index contributed by atoms with van der Waals surface area (Å²) in [5, 5.41) is 0. The first kappa shape index (κ1) is 22.3. The molecule has 0 radical (unpaired) electrons. The van der Waals surface area contributed by atoms with Crippen molar-refractivity contribution in [2.75, 3.05) is 13.7 Å². The lowest BCUT2D eigenvalue weighted by atomic mass is 10.1. The Labute approximate surface area is 184 Å². The van der Waals surface area contributed by atoms with Crippen LogP contribution in [0, 0.1) is 0 Å². The van der Waals surface area contributed by atoms with Crippen LogP contribution in [0.3, 0.4) is 0 Å². The van der Waals surface area contributed by atoms with Crippen molar-refractivity contribution in [1.82, 2.24) is 15.6 Å². The summed E-state index contributed by atoms with van der Waals surface area (Å²) in [4.78, 5) is 12.4. The van der Waals surface area contributed by atoms with Crippen molar-refractivity contribution < 1.29 is 17.9 Å². The third kappa shape index (κ3) is 5.80. The van der Waals surface area contributed by atoms with E-state index in [1.807, 2.05) is 30.3 Å². The van der Waals surface area contributed by atoms with Crippen LogP contribution in [0.1, 0.15) is 22.0 Å². The third-order valence-electron chi connectivity index (χ3n) is 4.20. The van der Waals surface area contributed by atoms with Gasteiger partial charge in [-0.3, -0.25) is 10.2 Å². The van der Waals surface area contributed by atoms with Crippen molar-refractivity contribution in [2.24, 2.45) is 0 Å². The molecule has 0 aliphatic rings. The van der Waals surface area contributed by atoms with Gasteiger partial charge in [-0.15, -0.1) is 11.3 Å². The molecule has 1 aromatic heterocycles. The molecule has 2 aromatic carbocycles. The molecule has 0 bridgehead atoms. The number of ether oxygens (including phenoxy) is 1. The number of hydrazine groups is 1. The molecule has 0 unspecified atom stereocenters. The molecule has 0 spiro atoms. The molecular weight excluding hydrogens is 446 g/mol. The van der Waals surface area contributed by atoms with E-state index in [1.54, 1.807) is 31.4 Å². The second kappa shape index (κ2) is 10.1. The van der Waals surface area contributed by atoms with Crippen molar-refractivity contribution >= 4 is 38.9 Å². The first-order valence-electron chi connectivity index (χ1n) is 8.89. The molecule has 0 aliphatic heterocycles. The standard InChI is InChI=1S/C20H20ClN3O4S2/c1-28-16-9-7-15(8-10-16)20(25)24-23-17(14-5-3-2-4-6-14)13-22-30(26,27)19-12-11-18(21)29-19/h2-12,17,22-23H,13H2,1H3,(H,24,25)/t17-/m1/s1. The number of carbonyl (C=O) groups excluding carboxylic acids is 1. The van der Waals surface area contributed by atoms with Crippen molar-refractivity contribution in [2.45, 2.75) is 10.3 Å². The first-order valence-corrected chi connectivity index (χ1v) is 11.6. The van der Waals surface area contributed by atoms with E-state index in [4.69, 9.17) is 16.3 Å². The topological polar surface area (TPSA) is 96.5 Å². The largest absolute Gasteiger partial charge is 0.497 e. The van der Waals surface area contributed by atoms with E-state index < -0.39 is 16.1 Å². The molecule has 3 aromatic rings. The second-order valence-corrected chi connectivity index (χ2v) is 9.91. The molecule has 30 heavy (non-hydrogen) atoms. The number of thiophene rings is 1. The Kier molecular flexibility index (Phi) is 7.46. The molecular formula is C20H20ClN3O4S2. The molecule has 10 heteroatoms. The predicted molar refractivity (Wildman–Crippen MR) is 117 cm³/mol. The number of nitrogens with one attached hydrogen (secondary N) is 3. The molecule has 0 saturated heterocycles. The van der Waals surface area contributed by atoms with Gasteiger partial charge in [0, 0.05) is 12.1 Å². The highest BCUT2D eigenvalue weighted by Crippen LogP contribution is 2.25. The second-order valence-electron chi connectivity index (χ2n) is 6.20. The van der Waals surface area contributed by atoms with Crippen LogP contribution >= 0.6 is 22.9 Å². The van der Waals surface area contributed by atoms with Crippen LogP contribution in [0.25, 0.3) is 0 Å². The highest BCUT2D eigenvalue weighted by atomic mass is 35.5. The van der Waals surface area contributed by atoms with Crippen LogP contribution in [-0.4, -0.2) is 28.0 Å². The van der Waals surface area contributed by atoms with Gasteiger partial charge in [-0.25, -0.2) is 18.6 Å². The number of methoxy groups -OCH3 is 1. The minimum absolute atomic E-state index is 0.0186. The minimum Gasteiger partial charge on any atom is -0.497 e. The maximum absolute atomic E-state index is 12.5. The van der Waals surface area contributed by atoms with E-state index in [-0.39, 0.29) is 16.7 Å². The smallest absolute Gasteiger partial charge is 0.265 e. The number of amides is 1. The molecule has 7 nitrogen and oxygen atoms in total. The first-order chi connectivity index (χ1) is 14.4. The molecule has 0 saturated carbocycles. The number of carbonyl (C=O) groups is 1. The average Bonchev–Trinajstić information content (AvgIpc) is 3.21. The summed E-state index contributed by atoms with van der Waals surface area (Å²) in [6, 6.07) is 18.3. The van der Waals surface area contributed by atoms with Crippen LogP contribution in [0.2, 0.25) is 4.34 Å². The van der Waals surface area contributed by atoms with Gasteiger partial charge in [0.2, 0.25) is 10.0 Å². The summed E-state index contributed by atoms with van der Waals surface area (Å²) >= 11 is 6.82. The predicted octanol–water partition coefficient (Wildman–Crippen LogP) is 3.36. The molecule has 1 amide bonds. The number of hydrogen-bond acceptors (Lipinski definition) is 6. The molecule has 0 fully saturated rings. The van der Waals surface area contributed by atoms with E-state index in [9.17, 15) is 13.2 Å². The quantitative estimate of drug-likeness (QED) is 0.421. The van der Waals surface area contributed by atoms with Gasteiger partial charge in [0.1, 0.15) is 9.96 Å². The van der Waals surface area contributed by atoms with Crippen molar-refractivity contribution in [1.29, 1.82) is 0 Å². The SMILES string of the molecule is COc1ccc(C(=O)NN[C@H](CNS(=O)(=O)c2ccc(Cl)s2)c2ccccc2)cc1. The van der Waals surface area contributed by atoms with Crippen LogP contribution in [0.5, 0.6) is 5.75 Å². The van der Waals surface area contributed by atoms with Crippen molar-refractivity contribution in [3.8, 4) is 5.75 Å². The fourth-order valence-electron chi connectivity index (χ4n) is 2.61. The van der Waals surface area contributed by atoms with Gasteiger partial charge in [0.15, 0.2) is 0 Å². The van der Waals surface area contributed by atoms with Gasteiger partial charge in [0.25, 0.3) is 5.91 Å². The fourth-order valence-corrected chi connectivity index (χ4v) is 5.19. The van der Waals surface area contributed by atoms with Crippen LogP contribution in [0.15, 0.2) is 70.9 Å². The van der Waals surface area contributed by atoms with Crippen molar-refractivity contribution in [3.05, 3.63) is 82.2 Å². The zero-order valence-electron chi connectivity index (χ0n) is 16.0. The Balaban J connectivity index is 1.69. The molecule has 3 rings (SSSR count). The maximum Gasteiger partial charge on any atom is 0.265 e. The Morgan fingerprint density at radius 2 is 1.77 bits per heavy atom. The molecule has 1 atom stereocenters. The summed E-state index contributed by atoms with van der Waals surface area (Å²) in [7, 11) is -2.18. The van der Waals surface area contributed by atoms with Gasteiger partial charge in [-0.05, 0) is 42.0 Å². The fraction of sp³-hybridized carbons (Fsp3) is 0.150. The summed E-state index contributed by atoms with van der Waals surface area (Å²) < 4.78 is 33.2. The van der Waals surface area contributed by atoms with Crippen LogP contribution in [0.4, 0.5) is 0 Å². The van der Waals surface area contributed by atoms with Gasteiger partial charge < -0.3 is 4.74 Å². The normalized spacial score (nSPS) is 12.3. The van der Waals surface area contributed by atoms with Crippen LogP contribution in [-0.2, 0) is 10.0 Å². The van der Waals surface area contributed by atoms with Gasteiger partial charge in [-0.2, -0.15) is 0 Å². The molecule has 158 valence electrons. The van der Waals surface area contributed by atoms with E-state index in [0.29, 0.717) is 15.6 Å². The highest BCUT2D eigenvalue weighted by Gasteiger charge is 2.20. The lowest BCUT2D eigenvalue weighted by Crippen LogP contribution is -2.44.